The van der Waals surface area contributed by atoms with Gasteiger partial charge in [0.05, 0.1) is 11.8 Å². The van der Waals surface area contributed by atoms with E-state index in [1.54, 1.807) is 12.1 Å². The number of carboxylic acids is 1. The van der Waals surface area contributed by atoms with Crippen molar-refractivity contribution in [2.45, 2.75) is 0 Å². The topological polar surface area (TPSA) is 78.8 Å². The van der Waals surface area contributed by atoms with E-state index in [1.807, 2.05) is 0 Å². The molecule has 2 aromatic rings. The van der Waals surface area contributed by atoms with E-state index in [0.717, 1.165) is 11.3 Å². The van der Waals surface area contributed by atoms with E-state index in [4.69, 9.17) is 5.11 Å². The van der Waals surface area contributed by atoms with E-state index in [9.17, 15) is 14.0 Å². The fourth-order valence-corrected chi connectivity index (χ4v) is 2.12. The summed E-state index contributed by atoms with van der Waals surface area (Å²) in [6.45, 7) is 0. The molecule has 0 saturated carbocycles. The summed E-state index contributed by atoms with van der Waals surface area (Å²) in [6.07, 6.45) is 1.30. The summed E-state index contributed by atoms with van der Waals surface area (Å²) in [6, 6.07) is 8.54. The number of hydrogen-bond acceptors (Lipinski definition) is 4. The lowest BCUT2D eigenvalue weighted by atomic mass is 10.2. The molecule has 1 heterocycles. The summed E-state index contributed by atoms with van der Waals surface area (Å²) in [5, 5.41) is 12.4. The molecule has 0 fully saturated rings. The molecule has 1 amide bonds. The average Bonchev–Trinajstić information content (AvgIpc) is 2.88. The number of benzene rings is 1. The molecule has 2 rings (SSSR count). The zero-order chi connectivity index (χ0) is 14.5. The van der Waals surface area contributed by atoms with Gasteiger partial charge in [-0.15, -0.1) is 11.3 Å². The Morgan fingerprint density at radius 1 is 1.25 bits per heavy atom. The number of halogens is 1. The van der Waals surface area contributed by atoms with Crippen molar-refractivity contribution in [3.05, 3.63) is 57.5 Å². The van der Waals surface area contributed by atoms with Crippen molar-refractivity contribution < 1.29 is 19.1 Å². The Kier molecular flexibility index (Phi) is 4.21. The zero-order valence-corrected chi connectivity index (χ0v) is 10.9. The first-order valence-corrected chi connectivity index (χ1v) is 6.30. The Morgan fingerprint density at radius 3 is 2.65 bits per heavy atom. The van der Waals surface area contributed by atoms with Crippen molar-refractivity contribution in [2.24, 2.45) is 5.10 Å². The van der Waals surface area contributed by atoms with Gasteiger partial charge in [-0.1, -0.05) is 12.1 Å². The van der Waals surface area contributed by atoms with Crippen molar-refractivity contribution in [2.75, 3.05) is 0 Å². The van der Waals surface area contributed by atoms with Gasteiger partial charge in [0.15, 0.2) is 0 Å². The molecular formula is C13H9FN2O3S. The van der Waals surface area contributed by atoms with Crippen molar-refractivity contribution in [3.63, 3.8) is 0 Å². The van der Waals surface area contributed by atoms with E-state index in [0.29, 0.717) is 4.88 Å². The Labute approximate surface area is 117 Å². The molecule has 0 unspecified atom stereocenters. The first kappa shape index (κ1) is 13.9. The summed E-state index contributed by atoms with van der Waals surface area (Å²) in [5.74, 6) is -2.33. The first-order valence-electron chi connectivity index (χ1n) is 5.49. The fourth-order valence-electron chi connectivity index (χ4n) is 1.40. The standard InChI is InChI=1S/C13H9FN2O3S/c14-10-4-2-1-3-9(10)12(17)16-15-7-8-5-6-11(20-8)13(18)19/h1-7H,(H,16,17)(H,18,19). The van der Waals surface area contributed by atoms with Crippen LogP contribution >= 0.6 is 11.3 Å². The van der Waals surface area contributed by atoms with Crippen molar-refractivity contribution in [1.82, 2.24) is 5.43 Å². The van der Waals surface area contributed by atoms with Crippen molar-refractivity contribution in [3.8, 4) is 0 Å². The van der Waals surface area contributed by atoms with Crippen LogP contribution in [0.2, 0.25) is 0 Å². The van der Waals surface area contributed by atoms with Gasteiger partial charge in [0.1, 0.15) is 10.7 Å². The van der Waals surface area contributed by atoms with Crippen LogP contribution < -0.4 is 5.43 Å². The minimum atomic E-state index is -1.02. The molecule has 1 aromatic carbocycles. The molecule has 5 nitrogen and oxygen atoms in total. The normalized spacial score (nSPS) is 10.7. The molecular weight excluding hydrogens is 283 g/mol. The van der Waals surface area contributed by atoms with Gasteiger partial charge in [-0.05, 0) is 24.3 Å². The largest absolute Gasteiger partial charge is 0.477 e. The third-order valence-electron chi connectivity index (χ3n) is 2.31. The first-order chi connectivity index (χ1) is 9.58. The third-order valence-corrected chi connectivity index (χ3v) is 3.32. The summed E-state index contributed by atoms with van der Waals surface area (Å²) in [5.41, 5.74) is 2.07. The van der Waals surface area contributed by atoms with Crippen LogP contribution in [0.3, 0.4) is 0 Å². The second-order valence-corrected chi connectivity index (χ2v) is 4.80. The molecule has 0 saturated heterocycles. The maximum atomic E-state index is 13.3. The number of nitrogens with one attached hydrogen (secondary N) is 1. The van der Waals surface area contributed by atoms with Gasteiger partial charge in [0.25, 0.3) is 5.91 Å². The summed E-state index contributed by atoms with van der Waals surface area (Å²) < 4.78 is 13.3. The van der Waals surface area contributed by atoms with Crippen LogP contribution in [0.5, 0.6) is 0 Å². The number of carboxylic acid groups (broad SMARTS) is 1. The molecule has 0 aliphatic heterocycles. The third kappa shape index (κ3) is 3.27. The van der Waals surface area contributed by atoms with Gasteiger partial charge in [-0.2, -0.15) is 5.10 Å². The van der Waals surface area contributed by atoms with Crippen LogP contribution in [0.4, 0.5) is 4.39 Å². The van der Waals surface area contributed by atoms with Gasteiger partial charge in [0, 0.05) is 4.88 Å². The SMILES string of the molecule is O=C(O)c1ccc(C=NNC(=O)c2ccccc2F)s1. The Balaban J connectivity index is 2.01. The Bertz CT molecular complexity index is 682. The molecule has 1 aromatic heterocycles. The Hall–Kier alpha value is -2.54. The number of nitrogens with zero attached hydrogens (tertiary/aromatic N) is 1. The molecule has 0 aliphatic rings. The van der Waals surface area contributed by atoms with Crippen LogP contribution in [0.25, 0.3) is 0 Å². The predicted octanol–water partition coefficient (Wildman–Crippen LogP) is 2.35. The molecule has 7 heteroatoms. The smallest absolute Gasteiger partial charge is 0.345 e. The molecule has 0 spiro atoms. The number of hydrazone groups is 1. The van der Waals surface area contributed by atoms with Gasteiger partial charge >= 0.3 is 5.97 Å². The number of rotatable bonds is 4. The number of carbonyl (C=O) groups excluding carboxylic acids is 1. The number of amides is 1. The summed E-state index contributed by atoms with van der Waals surface area (Å²) >= 11 is 1.02. The number of aromatic carboxylic acids is 1. The van der Waals surface area contributed by atoms with E-state index < -0.39 is 17.7 Å². The second-order valence-electron chi connectivity index (χ2n) is 3.69. The number of hydrogen-bond donors (Lipinski definition) is 2. The van der Waals surface area contributed by atoms with Gasteiger partial charge in [-0.3, -0.25) is 4.79 Å². The maximum absolute atomic E-state index is 13.3. The lowest BCUT2D eigenvalue weighted by Crippen LogP contribution is -2.18. The fraction of sp³-hybridized carbons (Fsp3) is 0. The minimum absolute atomic E-state index is 0.109. The van der Waals surface area contributed by atoms with Crippen molar-refractivity contribution >= 4 is 29.4 Å². The van der Waals surface area contributed by atoms with Crippen LogP contribution in [-0.2, 0) is 0 Å². The van der Waals surface area contributed by atoms with Crippen LogP contribution in [0, 0.1) is 5.82 Å². The molecule has 0 atom stereocenters. The zero-order valence-electron chi connectivity index (χ0n) is 10.0. The van der Waals surface area contributed by atoms with E-state index in [-0.39, 0.29) is 10.4 Å². The highest BCUT2D eigenvalue weighted by molar-refractivity contribution is 7.15. The molecule has 0 bridgehead atoms. The van der Waals surface area contributed by atoms with Gasteiger partial charge < -0.3 is 5.11 Å². The average molecular weight is 292 g/mol. The van der Waals surface area contributed by atoms with Crippen LogP contribution in [0.15, 0.2) is 41.5 Å². The molecule has 0 aliphatic carbocycles. The van der Waals surface area contributed by atoms with Crippen LogP contribution in [0.1, 0.15) is 24.9 Å². The minimum Gasteiger partial charge on any atom is -0.477 e. The second kappa shape index (κ2) is 6.07. The van der Waals surface area contributed by atoms with E-state index >= 15 is 0 Å². The van der Waals surface area contributed by atoms with E-state index in [2.05, 4.69) is 10.5 Å². The monoisotopic (exact) mass is 292 g/mol. The summed E-state index contributed by atoms with van der Waals surface area (Å²) in [4.78, 5) is 23.0. The lowest BCUT2D eigenvalue weighted by Gasteiger charge is -2.00. The van der Waals surface area contributed by atoms with Gasteiger partial charge in [0.2, 0.25) is 0 Å². The highest BCUT2D eigenvalue weighted by Gasteiger charge is 2.09. The number of carbonyl (C=O) groups is 2. The highest BCUT2D eigenvalue weighted by Crippen LogP contribution is 2.14. The van der Waals surface area contributed by atoms with E-state index in [1.165, 1.54) is 30.5 Å². The molecule has 20 heavy (non-hydrogen) atoms. The molecule has 2 N–H and O–H groups in total. The van der Waals surface area contributed by atoms with Crippen LogP contribution in [-0.4, -0.2) is 23.2 Å². The van der Waals surface area contributed by atoms with Gasteiger partial charge in [-0.25, -0.2) is 14.6 Å². The highest BCUT2D eigenvalue weighted by atomic mass is 32.1. The molecule has 102 valence electrons. The Morgan fingerprint density at radius 2 is 2.00 bits per heavy atom. The predicted molar refractivity (Wildman–Crippen MR) is 72.7 cm³/mol. The van der Waals surface area contributed by atoms with Crippen molar-refractivity contribution in [1.29, 1.82) is 0 Å². The lowest BCUT2D eigenvalue weighted by molar-refractivity contribution is 0.0702. The quantitative estimate of drug-likeness (QED) is 0.670. The summed E-state index contributed by atoms with van der Waals surface area (Å²) in [7, 11) is 0. The maximum Gasteiger partial charge on any atom is 0.345 e. The molecule has 0 radical (unpaired) electrons. The number of thiophene rings is 1.